The lowest BCUT2D eigenvalue weighted by Crippen LogP contribution is -2.06. The van der Waals surface area contributed by atoms with Crippen LogP contribution in [0.5, 0.6) is 0 Å². The van der Waals surface area contributed by atoms with Crippen LogP contribution in [-0.2, 0) is 0 Å². The van der Waals surface area contributed by atoms with Gasteiger partial charge in [-0.15, -0.1) is 0 Å². The van der Waals surface area contributed by atoms with E-state index in [1.807, 2.05) is 24.3 Å². The highest BCUT2D eigenvalue weighted by atomic mass is 35.5. The fraction of sp³-hybridized carbons (Fsp3) is 0. The molecule has 0 N–H and O–H groups in total. The Hall–Kier alpha value is -1.51. The summed E-state index contributed by atoms with van der Waals surface area (Å²) in [6.45, 7) is 0. The van der Waals surface area contributed by atoms with Crippen molar-refractivity contribution in [2.75, 3.05) is 0 Å². The average Bonchev–Trinajstić information content (AvgIpc) is 2.39. The number of ketones is 1. The third kappa shape index (κ3) is 2.60. The largest absolute Gasteiger partial charge is 0.289 e. The zero-order valence-electron chi connectivity index (χ0n) is 8.89. The highest BCUT2D eigenvalue weighted by molar-refractivity contribution is 7.83. The number of rotatable bonds is 3. The third-order valence-corrected chi connectivity index (χ3v) is 2.84. The number of hydrogen-bond acceptors (Lipinski definition) is 2. The lowest BCUT2D eigenvalue weighted by molar-refractivity contribution is 0.103. The smallest absolute Gasteiger partial charge is 0.193 e. The van der Waals surface area contributed by atoms with Crippen molar-refractivity contribution in [2.24, 2.45) is 0 Å². The molecule has 0 saturated heterocycles. The summed E-state index contributed by atoms with van der Waals surface area (Å²) in [7, 11) is 0. The first kappa shape index (κ1) is 12.0. The van der Waals surface area contributed by atoms with Gasteiger partial charge in [0, 0.05) is 16.7 Å². The normalized spacial score (nSPS) is 9.94. The summed E-state index contributed by atoms with van der Waals surface area (Å²) in [5, 5.41) is 0. The summed E-state index contributed by atoms with van der Waals surface area (Å²) in [6.07, 6.45) is 0. The summed E-state index contributed by atoms with van der Waals surface area (Å²) in [5.74, 6) is -0.0656. The Kier molecular flexibility index (Phi) is 3.67. The molecule has 0 aromatic heterocycles. The van der Waals surface area contributed by atoms with Crippen LogP contribution >= 0.6 is 23.8 Å². The van der Waals surface area contributed by atoms with E-state index in [-0.39, 0.29) is 10.1 Å². The van der Waals surface area contributed by atoms with Gasteiger partial charge in [0.2, 0.25) is 0 Å². The molecule has 0 saturated carbocycles. The minimum Gasteiger partial charge on any atom is -0.289 e. The quantitative estimate of drug-likeness (QED) is 0.474. The Bertz CT molecular complexity index is 563. The van der Waals surface area contributed by atoms with Crippen LogP contribution in [0, 0.1) is 0 Å². The van der Waals surface area contributed by atoms with Gasteiger partial charge in [-0.25, -0.2) is 0 Å². The first-order valence-electron chi connectivity index (χ1n) is 5.09. The molecule has 0 fully saturated rings. The van der Waals surface area contributed by atoms with Crippen LogP contribution in [0.25, 0.3) is 0 Å². The van der Waals surface area contributed by atoms with Gasteiger partial charge >= 0.3 is 0 Å². The molecule has 2 aromatic carbocycles. The molecule has 84 valence electrons. The summed E-state index contributed by atoms with van der Waals surface area (Å²) in [4.78, 5) is 12.3. The Morgan fingerprint density at radius 3 is 2.00 bits per heavy atom. The maximum absolute atomic E-state index is 12.3. The SMILES string of the molecule is O=C(c1ccccc1)c1ccccc1C(=S)Cl. The minimum absolute atomic E-state index is 0.0656. The number of thiocarbonyl (C=S) groups is 1. The van der Waals surface area contributed by atoms with Gasteiger partial charge in [-0.3, -0.25) is 4.79 Å². The Labute approximate surface area is 110 Å². The monoisotopic (exact) mass is 260 g/mol. The maximum Gasteiger partial charge on any atom is 0.193 e. The summed E-state index contributed by atoms with van der Waals surface area (Å²) < 4.78 is 0.213. The van der Waals surface area contributed by atoms with Crippen LogP contribution in [0.4, 0.5) is 0 Å². The van der Waals surface area contributed by atoms with E-state index in [1.54, 1.807) is 30.3 Å². The molecular formula is C14H9ClOS. The Morgan fingerprint density at radius 2 is 1.41 bits per heavy atom. The molecule has 2 aromatic rings. The molecule has 0 aliphatic heterocycles. The lowest BCUT2D eigenvalue weighted by atomic mass is 9.99. The van der Waals surface area contributed by atoms with E-state index in [1.165, 1.54) is 0 Å². The van der Waals surface area contributed by atoms with Crippen molar-refractivity contribution in [1.82, 2.24) is 0 Å². The molecule has 0 heterocycles. The van der Waals surface area contributed by atoms with Gasteiger partial charge in [0.05, 0.1) is 0 Å². The van der Waals surface area contributed by atoms with Crippen molar-refractivity contribution in [3.8, 4) is 0 Å². The molecule has 0 atom stereocenters. The first-order chi connectivity index (χ1) is 8.20. The lowest BCUT2D eigenvalue weighted by Gasteiger charge is -2.06. The van der Waals surface area contributed by atoms with Crippen LogP contribution in [0.3, 0.4) is 0 Å². The zero-order valence-corrected chi connectivity index (χ0v) is 10.5. The van der Waals surface area contributed by atoms with Crippen molar-refractivity contribution in [1.29, 1.82) is 0 Å². The number of carbonyl (C=O) groups is 1. The maximum atomic E-state index is 12.3. The second-order valence-corrected chi connectivity index (χ2v) is 4.52. The molecule has 0 amide bonds. The topological polar surface area (TPSA) is 17.1 Å². The van der Waals surface area contributed by atoms with E-state index in [9.17, 15) is 4.79 Å². The fourth-order valence-corrected chi connectivity index (χ4v) is 1.94. The second-order valence-electron chi connectivity index (χ2n) is 3.51. The predicted octanol–water partition coefficient (Wildman–Crippen LogP) is 3.83. The molecule has 0 unspecified atom stereocenters. The molecule has 0 spiro atoms. The average molecular weight is 261 g/mol. The Balaban J connectivity index is 2.48. The van der Waals surface area contributed by atoms with E-state index < -0.39 is 0 Å². The highest BCUT2D eigenvalue weighted by Gasteiger charge is 2.14. The van der Waals surface area contributed by atoms with Gasteiger partial charge in [-0.2, -0.15) is 0 Å². The van der Waals surface area contributed by atoms with Crippen molar-refractivity contribution < 1.29 is 4.79 Å². The summed E-state index contributed by atoms with van der Waals surface area (Å²) in [5.41, 5.74) is 1.78. The molecule has 0 aliphatic carbocycles. The number of halogens is 1. The zero-order chi connectivity index (χ0) is 12.3. The second kappa shape index (κ2) is 5.21. The predicted molar refractivity (Wildman–Crippen MR) is 73.9 cm³/mol. The van der Waals surface area contributed by atoms with Crippen LogP contribution < -0.4 is 0 Å². The standard InChI is InChI=1S/C14H9ClOS/c15-14(17)12-9-5-4-8-11(12)13(16)10-6-2-1-3-7-10/h1-9H. The van der Waals surface area contributed by atoms with Gasteiger partial charge in [0.25, 0.3) is 0 Å². The van der Waals surface area contributed by atoms with Gasteiger partial charge in [0.15, 0.2) is 5.78 Å². The third-order valence-electron chi connectivity index (χ3n) is 2.42. The highest BCUT2D eigenvalue weighted by Crippen LogP contribution is 2.17. The molecule has 17 heavy (non-hydrogen) atoms. The van der Waals surface area contributed by atoms with Gasteiger partial charge in [-0.1, -0.05) is 78.4 Å². The van der Waals surface area contributed by atoms with Crippen LogP contribution in [0.1, 0.15) is 21.5 Å². The van der Waals surface area contributed by atoms with E-state index in [0.717, 1.165) is 0 Å². The fourth-order valence-electron chi connectivity index (χ4n) is 1.60. The van der Waals surface area contributed by atoms with Crippen molar-refractivity contribution >= 4 is 33.9 Å². The molecule has 0 radical (unpaired) electrons. The number of benzene rings is 2. The molecular weight excluding hydrogens is 252 g/mol. The van der Waals surface area contributed by atoms with Crippen LogP contribution in [-0.4, -0.2) is 10.1 Å². The van der Waals surface area contributed by atoms with E-state index in [4.69, 9.17) is 23.8 Å². The van der Waals surface area contributed by atoms with Gasteiger partial charge in [-0.05, 0) is 0 Å². The van der Waals surface area contributed by atoms with Crippen molar-refractivity contribution in [3.05, 3.63) is 71.3 Å². The van der Waals surface area contributed by atoms with E-state index in [2.05, 4.69) is 0 Å². The molecule has 0 aliphatic rings. The van der Waals surface area contributed by atoms with E-state index >= 15 is 0 Å². The molecule has 1 nitrogen and oxygen atoms in total. The van der Waals surface area contributed by atoms with Crippen molar-refractivity contribution in [2.45, 2.75) is 0 Å². The number of hydrogen-bond donors (Lipinski definition) is 0. The molecule has 3 heteroatoms. The molecule has 0 bridgehead atoms. The number of carbonyl (C=O) groups excluding carboxylic acids is 1. The van der Waals surface area contributed by atoms with Crippen LogP contribution in [0.15, 0.2) is 54.6 Å². The van der Waals surface area contributed by atoms with Crippen LogP contribution in [0.2, 0.25) is 0 Å². The van der Waals surface area contributed by atoms with Gasteiger partial charge < -0.3 is 0 Å². The Morgan fingerprint density at radius 1 is 0.882 bits per heavy atom. The van der Waals surface area contributed by atoms with E-state index in [0.29, 0.717) is 16.7 Å². The minimum atomic E-state index is -0.0656. The molecule has 2 rings (SSSR count). The van der Waals surface area contributed by atoms with Crippen molar-refractivity contribution in [3.63, 3.8) is 0 Å². The van der Waals surface area contributed by atoms with Gasteiger partial charge in [0.1, 0.15) is 4.32 Å². The summed E-state index contributed by atoms with van der Waals surface area (Å²) >= 11 is 10.8. The first-order valence-corrected chi connectivity index (χ1v) is 5.87. The summed E-state index contributed by atoms with van der Waals surface area (Å²) in [6, 6.07) is 16.2.